The van der Waals surface area contributed by atoms with Crippen LogP contribution in [0.2, 0.25) is 0 Å². The normalized spacial score (nSPS) is 11.9. The van der Waals surface area contributed by atoms with Gasteiger partial charge in [0.05, 0.1) is 18.6 Å². The molecule has 2 N–H and O–H groups in total. The maximum absolute atomic E-state index is 12.1. The Kier molecular flexibility index (Phi) is 21.4. The molecule has 0 aromatic heterocycles. The molecule has 208 valence electrons. The van der Waals surface area contributed by atoms with E-state index in [1.54, 1.807) is 0 Å². The van der Waals surface area contributed by atoms with Gasteiger partial charge in [0, 0.05) is 12.8 Å². The van der Waals surface area contributed by atoms with Crippen molar-refractivity contribution >= 4 is 11.9 Å². The van der Waals surface area contributed by atoms with Crippen molar-refractivity contribution in [2.75, 3.05) is 26.4 Å². The fourth-order valence-corrected chi connectivity index (χ4v) is 3.94. The number of aliphatic hydroxyl groups is 2. The number of unbranched alkanes of at least 4 members (excludes halogenated alkanes) is 10. The molecular formula is C29H56O6. The molecule has 35 heavy (non-hydrogen) atoms. The van der Waals surface area contributed by atoms with Gasteiger partial charge in [0.1, 0.15) is 13.2 Å². The molecule has 0 aliphatic rings. The molecule has 0 saturated heterocycles. The number of carbonyl (C=O) groups excluding carboxylic acids is 2. The van der Waals surface area contributed by atoms with E-state index in [0.29, 0.717) is 12.8 Å². The monoisotopic (exact) mass is 500 g/mol. The zero-order chi connectivity index (χ0) is 26.4. The van der Waals surface area contributed by atoms with Gasteiger partial charge in [-0.2, -0.15) is 0 Å². The zero-order valence-corrected chi connectivity index (χ0v) is 23.3. The molecule has 0 saturated carbocycles. The fraction of sp³-hybridized carbons (Fsp3) is 0.931. The first-order valence-electron chi connectivity index (χ1n) is 14.3. The molecule has 0 atom stereocenters. The summed E-state index contributed by atoms with van der Waals surface area (Å²) < 4.78 is 10.6. The SMILES string of the molecule is CC(C)CCCCCCCCC(=O)OCC(CO)(CO)COC(=O)CCCCCCCCC(C)C. The van der Waals surface area contributed by atoms with Crippen LogP contribution in [0.4, 0.5) is 0 Å². The van der Waals surface area contributed by atoms with Crippen LogP contribution in [-0.2, 0) is 19.1 Å². The molecule has 0 amide bonds. The highest BCUT2D eigenvalue weighted by atomic mass is 16.5. The smallest absolute Gasteiger partial charge is 0.305 e. The van der Waals surface area contributed by atoms with Gasteiger partial charge in [0.15, 0.2) is 0 Å². The number of hydrogen-bond donors (Lipinski definition) is 2. The Hall–Kier alpha value is -1.14. The van der Waals surface area contributed by atoms with Gasteiger partial charge >= 0.3 is 11.9 Å². The quantitative estimate of drug-likeness (QED) is 0.115. The standard InChI is InChI=1S/C29H56O6/c1-25(2)17-13-9-5-7-11-15-19-27(32)34-23-29(21-30,22-31)24-35-28(33)20-16-12-8-6-10-14-18-26(3)4/h25-26,30-31H,5-24H2,1-4H3. The lowest BCUT2D eigenvalue weighted by molar-refractivity contribution is -0.159. The van der Waals surface area contributed by atoms with Crippen LogP contribution in [-0.4, -0.2) is 48.6 Å². The second-order valence-corrected chi connectivity index (χ2v) is 11.2. The van der Waals surface area contributed by atoms with Gasteiger partial charge in [-0.1, -0.05) is 105 Å². The Labute approximate surface area is 215 Å². The Balaban J connectivity index is 3.95. The summed E-state index contributed by atoms with van der Waals surface area (Å²) in [6, 6.07) is 0. The predicted octanol–water partition coefficient (Wildman–Crippen LogP) is 6.60. The minimum Gasteiger partial charge on any atom is -0.465 e. The molecule has 0 rings (SSSR count). The van der Waals surface area contributed by atoms with Gasteiger partial charge in [-0.15, -0.1) is 0 Å². The van der Waals surface area contributed by atoms with Crippen LogP contribution in [0.1, 0.15) is 130 Å². The van der Waals surface area contributed by atoms with Crippen LogP contribution in [0.5, 0.6) is 0 Å². The van der Waals surface area contributed by atoms with Crippen molar-refractivity contribution in [3.8, 4) is 0 Å². The van der Waals surface area contributed by atoms with Gasteiger partial charge in [0.2, 0.25) is 0 Å². The molecule has 0 aliphatic carbocycles. The summed E-state index contributed by atoms with van der Waals surface area (Å²) >= 11 is 0. The third-order valence-electron chi connectivity index (χ3n) is 6.57. The molecule has 0 bridgehead atoms. The summed E-state index contributed by atoms with van der Waals surface area (Å²) in [5.74, 6) is 0.848. The van der Waals surface area contributed by atoms with Gasteiger partial charge < -0.3 is 19.7 Å². The molecule has 6 nitrogen and oxygen atoms in total. The average Bonchev–Trinajstić information content (AvgIpc) is 2.82. The molecule has 0 aromatic rings. The summed E-state index contributed by atoms with van der Waals surface area (Å²) in [6.07, 6.45) is 16.4. The minimum absolute atomic E-state index is 0.155. The van der Waals surface area contributed by atoms with Crippen LogP contribution in [0, 0.1) is 17.3 Å². The molecule has 0 unspecified atom stereocenters. The van der Waals surface area contributed by atoms with Crippen LogP contribution in [0.15, 0.2) is 0 Å². The third-order valence-corrected chi connectivity index (χ3v) is 6.57. The first-order valence-corrected chi connectivity index (χ1v) is 14.3. The second kappa shape index (κ2) is 22.1. The maximum atomic E-state index is 12.1. The lowest BCUT2D eigenvalue weighted by Gasteiger charge is -2.28. The highest BCUT2D eigenvalue weighted by Crippen LogP contribution is 2.19. The highest BCUT2D eigenvalue weighted by molar-refractivity contribution is 5.69. The van der Waals surface area contributed by atoms with Crippen molar-refractivity contribution in [1.29, 1.82) is 0 Å². The van der Waals surface area contributed by atoms with E-state index < -0.39 is 18.6 Å². The second-order valence-electron chi connectivity index (χ2n) is 11.2. The van der Waals surface area contributed by atoms with Crippen LogP contribution < -0.4 is 0 Å². The van der Waals surface area contributed by atoms with Gasteiger partial charge in [-0.25, -0.2) is 0 Å². The number of esters is 2. The van der Waals surface area contributed by atoms with Crippen molar-refractivity contribution in [2.24, 2.45) is 17.3 Å². The number of rotatable bonds is 24. The molecule has 0 radical (unpaired) electrons. The molecule has 6 heteroatoms. The predicted molar refractivity (Wildman–Crippen MR) is 142 cm³/mol. The Bertz CT molecular complexity index is 471. The summed E-state index contributed by atoms with van der Waals surface area (Å²) in [4.78, 5) is 24.2. The molecule has 0 heterocycles. The summed E-state index contributed by atoms with van der Waals surface area (Å²) in [5.41, 5.74) is -1.15. The number of hydrogen-bond acceptors (Lipinski definition) is 6. The lowest BCUT2D eigenvalue weighted by Crippen LogP contribution is -2.41. The van der Waals surface area contributed by atoms with Gasteiger partial charge in [-0.3, -0.25) is 9.59 Å². The van der Waals surface area contributed by atoms with E-state index in [9.17, 15) is 19.8 Å². The zero-order valence-electron chi connectivity index (χ0n) is 23.3. The van der Waals surface area contributed by atoms with Crippen molar-refractivity contribution in [2.45, 2.75) is 130 Å². The summed E-state index contributed by atoms with van der Waals surface area (Å²) in [6.45, 7) is 7.83. The summed E-state index contributed by atoms with van der Waals surface area (Å²) in [5, 5.41) is 19.5. The minimum atomic E-state index is -1.15. The van der Waals surface area contributed by atoms with E-state index >= 15 is 0 Å². The molecule has 0 aromatic carbocycles. The largest absolute Gasteiger partial charge is 0.465 e. The van der Waals surface area contributed by atoms with E-state index in [4.69, 9.17) is 9.47 Å². The maximum Gasteiger partial charge on any atom is 0.305 e. The van der Waals surface area contributed by atoms with E-state index in [2.05, 4.69) is 27.7 Å². The molecule has 0 aliphatic heterocycles. The Morgan fingerprint density at radius 3 is 1.20 bits per heavy atom. The highest BCUT2D eigenvalue weighted by Gasteiger charge is 2.32. The van der Waals surface area contributed by atoms with E-state index in [1.807, 2.05) is 0 Å². The summed E-state index contributed by atoms with van der Waals surface area (Å²) in [7, 11) is 0. The number of carbonyl (C=O) groups is 2. The molecular weight excluding hydrogens is 444 g/mol. The van der Waals surface area contributed by atoms with Gasteiger partial charge in [0.25, 0.3) is 0 Å². The van der Waals surface area contributed by atoms with Crippen molar-refractivity contribution < 1.29 is 29.3 Å². The van der Waals surface area contributed by atoms with Crippen LogP contribution in [0.25, 0.3) is 0 Å². The van der Waals surface area contributed by atoms with Crippen molar-refractivity contribution in [3.63, 3.8) is 0 Å². The first kappa shape index (κ1) is 33.9. The molecule has 0 fully saturated rings. The Morgan fingerprint density at radius 1 is 0.571 bits per heavy atom. The molecule has 0 spiro atoms. The Morgan fingerprint density at radius 2 is 0.886 bits per heavy atom. The third kappa shape index (κ3) is 20.7. The van der Waals surface area contributed by atoms with E-state index in [-0.39, 0.29) is 25.2 Å². The average molecular weight is 501 g/mol. The van der Waals surface area contributed by atoms with Gasteiger partial charge in [-0.05, 0) is 24.7 Å². The number of aliphatic hydroxyl groups excluding tert-OH is 2. The fourth-order valence-electron chi connectivity index (χ4n) is 3.94. The topological polar surface area (TPSA) is 93.1 Å². The van der Waals surface area contributed by atoms with Crippen molar-refractivity contribution in [3.05, 3.63) is 0 Å². The van der Waals surface area contributed by atoms with E-state index in [1.165, 1.54) is 51.4 Å². The van der Waals surface area contributed by atoms with E-state index in [0.717, 1.165) is 50.4 Å². The lowest BCUT2D eigenvalue weighted by atomic mass is 9.92. The van der Waals surface area contributed by atoms with Crippen LogP contribution in [0.3, 0.4) is 0 Å². The van der Waals surface area contributed by atoms with Crippen LogP contribution >= 0.6 is 0 Å². The number of ether oxygens (including phenoxy) is 2. The first-order chi connectivity index (χ1) is 16.7. The van der Waals surface area contributed by atoms with Crippen molar-refractivity contribution in [1.82, 2.24) is 0 Å².